The highest BCUT2D eigenvalue weighted by Crippen LogP contribution is 2.32. The van der Waals surface area contributed by atoms with Gasteiger partial charge in [-0.3, -0.25) is 14.6 Å². The van der Waals surface area contributed by atoms with E-state index in [1.807, 2.05) is 31.3 Å². The van der Waals surface area contributed by atoms with Crippen molar-refractivity contribution in [1.82, 2.24) is 15.2 Å². The lowest BCUT2D eigenvalue weighted by Crippen LogP contribution is -2.43. The minimum Gasteiger partial charge on any atom is -0.490 e. The van der Waals surface area contributed by atoms with Crippen LogP contribution in [0.3, 0.4) is 0 Å². The number of nitriles is 1. The number of pyridine rings is 1. The molecule has 0 bridgehead atoms. The summed E-state index contributed by atoms with van der Waals surface area (Å²) in [6.07, 6.45) is 5.81. The maximum Gasteiger partial charge on any atom is 0.268 e. The highest BCUT2D eigenvalue weighted by Gasteiger charge is 2.47. The molecule has 1 aromatic carbocycles. The molecule has 0 saturated carbocycles. The zero-order valence-electron chi connectivity index (χ0n) is 18.5. The Hall–Kier alpha value is -4.00. The van der Waals surface area contributed by atoms with Gasteiger partial charge in [-0.2, -0.15) is 5.26 Å². The van der Waals surface area contributed by atoms with E-state index in [4.69, 9.17) is 10.00 Å². The first-order chi connectivity index (χ1) is 16.3. The quantitative estimate of drug-likeness (QED) is 0.726. The van der Waals surface area contributed by atoms with Crippen LogP contribution in [-0.4, -0.2) is 67.0 Å². The Labute approximate surface area is 195 Å². The van der Waals surface area contributed by atoms with Gasteiger partial charge in [0.1, 0.15) is 18.4 Å². The Bertz CT molecular complexity index is 1180. The van der Waals surface area contributed by atoms with Gasteiger partial charge in [-0.1, -0.05) is 18.2 Å². The SMILES string of the molecule is CN1CCOc2cc(C=Cc3cnccc3C(=O)NCC(=O)N3CC(F)(F)CC3C#N)ccc21. The minimum absolute atomic E-state index is 0.275. The summed E-state index contributed by atoms with van der Waals surface area (Å²) in [5.74, 6) is -3.62. The number of amides is 2. The number of benzene rings is 1. The van der Waals surface area contributed by atoms with Gasteiger partial charge in [0.2, 0.25) is 5.91 Å². The zero-order chi connectivity index (χ0) is 24.3. The van der Waals surface area contributed by atoms with Crippen molar-refractivity contribution in [2.24, 2.45) is 0 Å². The second kappa shape index (κ2) is 9.47. The summed E-state index contributed by atoms with van der Waals surface area (Å²) in [5.41, 5.74) is 2.67. The largest absolute Gasteiger partial charge is 0.490 e. The zero-order valence-corrected chi connectivity index (χ0v) is 18.5. The fourth-order valence-corrected chi connectivity index (χ4v) is 3.96. The third kappa shape index (κ3) is 4.98. The smallest absolute Gasteiger partial charge is 0.268 e. The molecule has 3 heterocycles. The number of nitrogens with zero attached hydrogens (tertiary/aromatic N) is 4. The summed E-state index contributed by atoms with van der Waals surface area (Å²) in [4.78, 5) is 32.1. The van der Waals surface area contributed by atoms with Crippen molar-refractivity contribution in [2.75, 3.05) is 38.2 Å². The number of carbonyl (C=O) groups is 2. The summed E-state index contributed by atoms with van der Waals surface area (Å²) in [6.45, 7) is 0.0976. The Morgan fingerprint density at radius 1 is 1.35 bits per heavy atom. The van der Waals surface area contributed by atoms with Crippen LogP contribution < -0.4 is 15.0 Å². The molecular formula is C24H23F2N5O3. The molecule has 0 aliphatic carbocycles. The number of likely N-dealkylation sites (tertiary alicyclic amines) is 1. The van der Waals surface area contributed by atoms with Crippen LogP contribution in [0.15, 0.2) is 36.7 Å². The lowest BCUT2D eigenvalue weighted by molar-refractivity contribution is -0.131. The molecule has 1 unspecified atom stereocenters. The Morgan fingerprint density at radius 3 is 2.97 bits per heavy atom. The van der Waals surface area contributed by atoms with Crippen molar-refractivity contribution in [1.29, 1.82) is 5.26 Å². The molecule has 2 aliphatic rings. The molecular weight excluding hydrogens is 444 g/mol. The van der Waals surface area contributed by atoms with Crippen LogP contribution in [-0.2, 0) is 4.79 Å². The van der Waals surface area contributed by atoms with Gasteiger partial charge in [0.15, 0.2) is 0 Å². The molecule has 0 radical (unpaired) electrons. The predicted molar refractivity (Wildman–Crippen MR) is 121 cm³/mol. The van der Waals surface area contributed by atoms with Gasteiger partial charge in [-0.25, -0.2) is 8.78 Å². The number of rotatable bonds is 5. The molecule has 2 amide bonds. The molecule has 4 rings (SSSR count). The summed E-state index contributed by atoms with van der Waals surface area (Å²) in [7, 11) is 2.00. The minimum atomic E-state index is -3.11. The number of hydrogen-bond donors (Lipinski definition) is 1. The van der Waals surface area contributed by atoms with E-state index in [2.05, 4.69) is 15.2 Å². The van der Waals surface area contributed by atoms with Crippen LogP contribution in [0.25, 0.3) is 12.2 Å². The van der Waals surface area contributed by atoms with Crippen LogP contribution in [0.2, 0.25) is 0 Å². The lowest BCUT2D eigenvalue weighted by Gasteiger charge is -2.27. The third-order valence-electron chi connectivity index (χ3n) is 5.77. The van der Waals surface area contributed by atoms with Gasteiger partial charge in [0.05, 0.1) is 31.4 Å². The third-order valence-corrected chi connectivity index (χ3v) is 5.77. The monoisotopic (exact) mass is 467 g/mol. The molecule has 2 aliphatic heterocycles. The first kappa shape index (κ1) is 23.2. The van der Waals surface area contributed by atoms with Crippen LogP contribution in [0, 0.1) is 11.3 Å². The van der Waals surface area contributed by atoms with Crippen LogP contribution in [0.5, 0.6) is 5.75 Å². The van der Waals surface area contributed by atoms with Crippen molar-refractivity contribution >= 4 is 29.7 Å². The molecule has 1 aromatic heterocycles. The van der Waals surface area contributed by atoms with Gasteiger partial charge < -0.3 is 19.9 Å². The Kier molecular flexibility index (Phi) is 6.45. The lowest BCUT2D eigenvalue weighted by atomic mass is 10.1. The number of hydrogen-bond acceptors (Lipinski definition) is 6. The summed E-state index contributed by atoms with van der Waals surface area (Å²) < 4.78 is 32.9. The van der Waals surface area contributed by atoms with Crippen LogP contribution >= 0.6 is 0 Å². The number of ether oxygens (including phenoxy) is 1. The second-order valence-electron chi connectivity index (χ2n) is 8.20. The summed E-state index contributed by atoms with van der Waals surface area (Å²) >= 11 is 0. The standard InChI is InChI=1S/C24H23F2N5O3/c1-30-8-9-34-21-10-16(3-5-20(21)30)2-4-17-13-28-7-6-19(17)23(33)29-14-22(32)31-15-24(25,26)11-18(31)12-27/h2-7,10,13,18H,8-9,11,14-15H2,1H3,(H,29,33). The molecule has 1 atom stereocenters. The highest BCUT2D eigenvalue weighted by atomic mass is 19.3. The Morgan fingerprint density at radius 2 is 2.18 bits per heavy atom. The van der Waals surface area contributed by atoms with Crippen LogP contribution in [0.1, 0.15) is 27.9 Å². The normalized spacial score (nSPS) is 18.8. The van der Waals surface area contributed by atoms with E-state index >= 15 is 0 Å². The number of carbonyl (C=O) groups excluding carboxylic acids is 2. The molecule has 8 nitrogen and oxygen atoms in total. The average molecular weight is 467 g/mol. The van der Waals surface area contributed by atoms with Crippen molar-refractivity contribution in [2.45, 2.75) is 18.4 Å². The molecule has 10 heteroatoms. The molecule has 2 aromatic rings. The van der Waals surface area contributed by atoms with Crippen molar-refractivity contribution in [3.8, 4) is 11.8 Å². The Balaban J connectivity index is 1.44. The molecule has 34 heavy (non-hydrogen) atoms. The van der Waals surface area contributed by atoms with Gasteiger partial charge in [-0.15, -0.1) is 0 Å². The number of fused-ring (bicyclic) bond motifs is 1. The van der Waals surface area contributed by atoms with Gasteiger partial charge in [-0.05, 0) is 23.8 Å². The van der Waals surface area contributed by atoms with E-state index in [0.717, 1.165) is 28.4 Å². The first-order valence-electron chi connectivity index (χ1n) is 10.7. The second-order valence-corrected chi connectivity index (χ2v) is 8.20. The number of nitrogens with one attached hydrogen (secondary N) is 1. The molecule has 176 valence electrons. The van der Waals surface area contributed by atoms with E-state index in [1.165, 1.54) is 18.5 Å². The molecule has 1 N–H and O–H groups in total. The van der Waals surface area contributed by atoms with Crippen molar-refractivity contribution in [3.05, 3.63) is 53.3 Å². The number of anilines is 1. The fourth-order valence-electron chi connectivity index (χ4n) is 3.96. The maximum absolute atomic E-state index is 13.6. The van der Waals surface area contributed by atoms with Crippen molar-refractivity contribution < 1.29 is 23.1 Å². The first-order valence-corrected chi connectivity index (χ1v) is 10.7. The van der Waals surface area contributed by atoms with Gasteiger partial charge >= 0.3 is 0 Å². The van der Waals surface area contributed by atoms with Gasteiger partial charge in [0.25, 0.3) is 11.8 Å². The van der Waals surface area contributed by atoms with E-state index in [-0.39, 0.29) is 5.56 Å². The summed E-state index contributed by atoms with van der Waals surface area (Å²) in [6, 6.07) is 7.83. The van der Waals surface area contributed by atoms with E-state index in [9.17, 15) is 18.4 Å². The van der Waals surface area contributed by atoms with Crippen LogP contribution in [0.4, 0.5) is 14.5 Å². The number of alkyl halides is 2. The number of likely N-dealkylation sites (N-methyl/N-ethyl adjacent to an activating group) is 1. The van der Waals surface area contributed by atoms with E-state index in [0.29, 0.717) is 12.2 Å². The number of aromatic nitrogens is 1. The molecule has 1 fully saturated rings. The van der Waals surface area contributed by atoms with Gasteiger partial charge in [0, 0.05) is 37.0 Å². The average Bonchev–Trinajstić information content (AvgIpc) is 3.16. The topological polar surface area (TPSA) is 98.6 Å². The molecule has 1 saturated heterocycles. The number of halogens is 2. The summed E-state index contributed by atoms with van der Waals surface area (Å²) in [5, 5.41) is 11.5. The predicted octanol–water partition coefficient (Wildman–Crippen LogP) is 2.57. The van der Waals surface area contributed by atoms with E-state index < -0.39 is 43.3 Å². The highest BCUT2D eigenvalue weighted by molar-refractivity contribution is 6.00. The molecule has 0 spiro atoms. The van der Waals surface area contributed by atoms with E-state index in [1.54, 1.807) is 12.1 Å². The van der Waals surface area contributed by atoms with Crippen molar-refractivity contribution in [3.63, 3.8) is 0 Å². The fraction of sp³-hybridized carbons (Fsp3) is 0.333. The maximum atomic E-state index is 13.6.